The number of carbonyl (C=O) groups is 2. The topological polar surface area (TPSA) is 283 Å². The Morgan fingerprint density at radius 1 is 0.571 bits per heavy atom. The second-order valence-corrected chi connectivity index (χ2v) is 4.99. The first-order valence-corrected chi connectivity index (χ1v) is 6.91. The molecule has 0 aromatic heterocycles. The SMILES string of the molecule is O=C([O-])[C@H](O)[C@@H](O)[C@@H](O)[C@H](O)CO.O=C([O-])[C@H](O)[C@@H](O)[C@@H](O)[C@H](O)CO.[K+].[K+]. The zero-order valence-electron chi connectivity index (χ0n) is 15.1. The molecule has 156 valence electrons. The Bertz CT molecular complexity index is 389. The molecule has 0 radical (unpaired) electrons. The summed E-state index contributed by atoms with van der Waals surface area (Å²) in [6.07, 6.45) is -16.2. The molecule has 0 rings (SSSR count). The zero-order valence-corrected chi connectivity index (χ0v) is 21.4. The van der Waals surface area contributed by atoms with Crippen LogP contribution in [0.4, 0.5) is 0 Å². The van der Waals surface area contributed by atoms with Crippen LogP contribution in [0.1, 0.15) is 0 Å². The third-order valence-corrected chi connectivity index (χ3v) is 2.99. The van der Waals surface area contributed by atoms with Crippen molar-refractivity contribution in [2.75, 3.05) is 13.2 Å². The molecule has 0 saturated heterocycles. The molecule has 0 aliphatic carbocycles. The monoisotopic (exact) mass is 468 g/mol. The minimum atomic E-state index is -2.31. The van der Waals surface area contributed by atoms with E-state index < -0.39 is 74.0 Å². The molecule has 0 aliphatic heterocycles. The Morgan fingerprint density at radius 2 is 0.786 bits per heavy atom. The number of carbonyl (C=O) groups excluding carboxylic acids is 2. The van der Waals surface area contributed by atoms with Gasteiger partial charge in [0.15, 0.2) is 0 Å². The fraction of sp³-hybridized carbons (Fsp3) is 0.833. The van der Waals surface area contributed by atoms with Gasteiger partial charge in [0.1, 0.15) is 48.8 Å². The van der Waals surface area contributed by atoms with Gasteiger partial charge < -0.3 is 70.9 Å². The fourth-order valence-electron chi connectivity index (χ4n) is 1.32. The van der Waals surface area contributed by atoms with Gasteiger partial charge in [-0.15, -0.1) is 0 Å². The molecule has 0 unspecified atom stereocenters. The van der Waals surface area contributed by atoms with Gasteiger partial charge in [0.05, 0.1) is 25.2 Å². The van der Waals surface area contributed by atoms with Gasteiger partial charge in [0.2, 0.25) is 0 Å². The summed E-state index contributed by atoms with van der Waals surface area (Å²) in [4.78, 5) is 20.0. The summed E-state index contributed by atoms with van der Waals surface area (Å²) in [7, 11) is 0. The maximum Gasteiger partial charge on any atom is 1.00 e. The Balaban J connectivity index is -0.000000192. The zero-order chi connectivity index (χ0) is 21.2. The smallest absolute Gasteiger partial charge is 0.547 e. The molecular formula is C12H22K2O14. The van der Waals surface area contributed by atoms with Crippen LogP contribution >= 0.6 is 0 Å². The van der Waals surface area contributed by atoms with Gasteiger partial charge in [-0.3, -0.25) is 0 Å². The average molecular weight is 468 g/mol. The predicted molar refractivity (Wildman–Crippen MR) is 72.2 cm³/mol. The van der Waals surface area contributed by atoms with E-state index in [0.29, 0.717) is 0 Å². The molecule has 0 aromatic rings. The number of aliphatic hydroxyl groups excluding tert-OH is 10. The Hall–Kier alpha value is 1.81. The second-order valence-electron chi connectivity index (χ2n) is 4.99. The van der Waals surface area contributed by atoms with Gasteiger partial charge in [0.25, 0.3) is 0 Å². The number of aliphatic carboxylic acids is 2. The first kappa shape index (κ1) is 37.1. The molecule has 0 fully saturated rings. The number of hydrogen-bond acceptors (Lipinski definition) is 14. The van der Waals surface area contributed by atoms with Crippen LogP contribution in [0.3, 0.4) is 0 Å². The van der Waals surface area contributed by atoms with Crippen molar-refractivity contribution in [3.63, 3.8) is 0 Å². The third kappa shape index (κ3) is 14.0. The molecular weight excluding hydrogens is 446 g/mol. The van der Waals surface area contributed by atoms with Crippen LogP contribution in [-0.2, 0) is 9.59 Å². The summed E-state index contributed by atoms with van der Waals surface area (Å²) in [6.45, 7) is -1.73. The molecule has 16 heteroatoms. The van der Waals surface area contributed by atoms with Crippen molar-refractivity contribution in [3.8, 4) is 0 Å². The minimum Gasteiger partial charge on any atom is -0.547 e. The number of carboxylic acid groups (broad SMARTS) is 2. The minimum absolute atomic E-state index is 0. The number of rotatable bonds is 10. The first-order valence-electron chi connectivity index (χ1n) is 6.91. The first-order chi connectivity index (χ1) is 11.8. The van der Waals surface area contributed by atoms with Crippen molar-refractivity contribution >= 4 is 11.9 Å². The summed E-state index contributed by atoms with van der Waals surface area (Å²) < 4.78 is 0. The maximum absolute atomic E-state index is 9.98. The summed E-state index contributed by atoms with van der Waals surface area (Å²) >= 11 is 0. The Labute approximate surface area is 243 Å². The average Bonchev–Trinajstić information content (AvgIpc) is 2.62. The van der Waals surface area contributed by atoms with E-state index in [4.69, 9.17) is 51.1 Å². The number of carboxylic acids is 2. The van der Waals surface area contributed by atoms with Crippen molar-refractivity contribution < 1.29 is 174 Å². The summed E-state index contributed by atoms with van der Waals surface area (Å²) in [5.74, 6) is -3.95. The van der Waals surface area contributed by atoms with Crippen LogP contribution < -0.4 is 113 Å². The van der Waals surface area contributed by atoms with Crippen LogP contribution in [0.25, 0.3) is 0 Å². The van der Waals surface area contributed by atoms with Gasteiger partial charge >= 0.3 is 103 Å². The van der Waals surface area contributed by atoms with Crippen molar-refractivity contribution in [1.82, 2.24) is 0 Å². The van der Waals surface area contributed by atoms with E-state index in [2.05, 4.69) is 0 Å². The van der Waals surface area contributed by atoms with E-state index in [1.807, 2.05) is 0 Å². The summed E-state index contributed by atoms with van der Waals surface area (Å²) in [5.41, 5.74) is 0. The maximum atomic E-state index is 9.98. The molecule has 28 heavy (non-hydrogen) atoms. The van der Waals surface area contributed by atoms with E-state index in [1.54, 1.807) is 0 Å². The van der Waals surface area contributed by atoms with E-state index in [0.717, 1.165) is 0 Å². The van der Waals surface area contributed by atoms with Crippen LogP contribution in [0.15, 0.2) is 0 Å². The fourth-order valence-corrected chi connectivity index (χ4v) is 1.32. The second kappa shape index (κ2) is 19.5. The molecule has 0 aromatic carbocycles. The van der Waals surface area contributed by atoms with Crippen LogP contribution in [0, 0.1) is 0 Å². The number of aliphatic hydroxyl groups is 10. The quantitative estimate of drug-likeness (QED) is 0.133. The van der Waals surface area contributed by atoms with Gasteiger partial charge in [-0.25, -0.2) is 0 Å². The number of hydrogen-bond donors (Lipinski definition) is 10. The normalized spacial score (nSPS) is 18.9. The molecule has 10 N–H and O–H groups in total. The van der Waals surface area contributed by atoms with Gasteiger partial charge in [0, 0.05) is 0 Å². The predicted octanol–water partition coefficient (Wildman–Crippen LogP) is -15.6. The van der Waals surface area contributed by atoms with E-state index in [1.165, 1.54) is 0 Å². The van der Waals surface area contributed by atoms with Crippen LogP contribution in [0.2, 0.25) is 0 Å². The van der Waals surface area contributed by atoms with Gasteiger partial charge in [-0.05, 0) is 0 Å². The molecule has 0 amide bonds. The molecule has 0 heterocycles. The summed E-state index contributed by atoms with van der Waals surface area (Å²) in [5, 5.41) is 107. The molecule has 0 saturated carbocycles. The third-order valence-electron chi connectivity index (χ3n) is 2.99. The molecule has 8 atom stereocenters. The van der Waals surface area contributed by atoms with Crippen LogP contribution in [0.5, 0.6) is 0 Å². The largest absolute Gasteiger partial charge is 1.00 e. The molecule has 14 nitrogen and oxygen atoms in total. The molecule has 0 aliphatic rings. The van der Waals surface area contributed by atoms with Crippen LogP contribution in [-0.4, -0.2) is 125 Å². The van der Waals surface area contributed by atoms with Crippen molar-refractivity contribution in [2.45, 2.75) is 48.8 Å². The Kier molecular flexibility index (Phi) is 25.9. The van der Waals surface area contributed by atoms with E-state index in [-0.39, 0.29) is 103 Å². The standard InChI is InChI=1S/2C6H12O7.2K/c2*7-1-2(8)3(9)4(10)5(11)6(12)13;;/h2*2-5,7-11H,1H2,(H,12,13);;/q;;2*+1/p-2/t2*2-,3+,4+,5-;;/m11../s1. The van der Waals surface area contributed by atoms with Gasteiger partial charge in [-0.1, -0.05) is 0 Å². The molecule has 0 bridgehead atoms. The van der Waals surface area contributed by atoms with Crippen molar-refractivity contribution in [3.05, 3.63) is 0 Å². The molecule has 0 spiro atoms. The van der Waals surface area contributed by atoms with Crippen molar-refractivity contribution in [2.24, 2.45) is 0 Å². The van der Waals surface area contributed by atoms with Gasteiger partial charge in [-0.2, -0.15) is 0 Å². The van der Waals surface area contributed by atoms with Crippen molar-refractivity contribution in [1.29, 1.82) is 0 Å². The summed E-state index contributed by atoms with van der Waals surface area (Å²) in [6, 6.07) is 0. The van der Waals surface area contributed by atoms with E-state index >= 15 is 0 Å². The van der Waals surface area contributed by atoms with E-state index in [9.17, 15) is 19.8 Å². The Morgan fingerprint density at radius 3 is 0.929 bits per heavy atom.